The molecule has 2 aromatic rings. The van der Waals surface area contributed by atoms with E-state index in [9.17, 15) is 4.79 Å². The molecule has 0 unspecified atom stereocenters. The zero-order valence-electron chi connectivity index (χ0n) is 13.0. The maximum Gasteiger partial charge on any atom is 0.227 e. The molecule has 0 amide bonds. The van der Waals surface area contributed by atoms with Crippen LogP contribution in [0.5, 0.6) is 5.75 Å². The summed E-state index contributed by atoms with van der Waals surface area (Å²) in [6.45, 7) is 3.53. The normalized spacial score (nSPS) is 10.1. The summed E-state index contributed by atoms with van der Waals surface area (Å²) in [5, 5.41) is 3.63. The van der Waals surface area contributed by atoms with E-state index in [1.165, 1.54) is 18.1 Å². The fourth-order valence-electron chi connectivity index (χ4n) is 1.83. The van der Waals surface area contributed by atoms with Crippen molar-refractivity contribution in [3.05, 3.63) is 36.7 Å². The van der Waals surface area contributed by atoms with Crippen LogP contribution in [0.15, 0.2) is 35.4 Å². The average Bonchev–Trinajstić information content (AvgIpc) is 3.03. The maximum atomic E-state index is 11.7. The first-order valence-electron chi connectivity index (χ1n) is 7.31. The van der Waals surface area contributed by atoms with Crippen molar-refractivity contribution < 1.29 is 35.6 Å². The number of aromatic nitrogens is 3. The quantitative estimate of drug-likeness (QED) is 0.504. The number of hydrogen-bond donors (Lipinski definition) is 0. The summed E-state index contributed by atoms with van der Waals surface area (Å²) in [7, 11) is 0. The van der Waals surface area contributed by atoms with Crippen molar-refractivity contribution in [1.82, 2.24) is 10.1 Å². The molecule has 2 rings (SSSR count). The lowest BCUT2D eigenvalue weighted by Gasteiger charge is -2.04. The van der Waals surface area contributed by atoms with Gasteiger partial charge >= 0.3 is 0 Å². The summed E-state index contributed by atoms with van der Waals surface area (Å²) in [5.41, 5.74) is 0. The van der Waals surface area contributed by atoms with Gasteiger partial charge in [-0.2, -0.15) is 4.98 Å². The Morgan fingerprint density at radius 3 is 2.83 bits per heavy atom. The Morgan fingerprint density at radius 1 is 1.39 bits per heavy atom. The largest absolute Gasteiger partial charge is 1.00 e. The highest BCUT2D eigenvalue weighted by molar-refractivity contribution is 8.13. The molecule has 0 saturated carbocycles. The van der Waals surface area contributed by atoms with Gasteiger partial charge in [-0.15, -0.1) is 0 Å². The maximum absolute atomic E-state index is 11.7. The van der Waals surface area contributed by atoms with E-state index < -0.39 is 0 Å². The number of thioether (sulfide) groups is 1. The standard InChI is InChI=1S/C15H20N3O3S.BrH/c1-2-7-18-8-3-13(4-9-18)20-10-5-15(19)22-11-6-14-16-12-17-21-14;/h3-4,8-9,12H,2,5-7,10-11H2,1H3;1H/q+1;/p-1. The second-order valence-corrected chi connectivity index (χ2v) is 5.83. The first-order valence-corrected chi connectivity index (χ1v) is 8.29. The topological polar surface area (TPSA) is 69.1 Å². The Balaban J connectivity index is 0.00000264. The Hall–Kier alpha value is -1.41. The lowest BCUT2D eigenvalue weighted by Crippen LogP contribution is -3.00. The van der Waals surface area contributed by atoms with Gasteiger partial charge in [0.1, 0.15) is 12.3 Å². The number of halogens is 1. The number of nitrogens with zero attached hydrogens (tertiary/aromatic N) is 3. The molecule has 0 saturated heterocycles. The Kier molecular flexibility index (Phi) is 9.54. The van der Waals surface area contributed by atoms with Crippen molar-refractivity contribution >= 4 is 16.9 Å². The Morgan fingerprint density at radius 2 is 2.17 bits per heavy atom. The van der Waals surface area contributed by atoms with Gasteiger partial charge in [0.05, 0.1) is 13.0 Å². The number of aryl methyl sites for hydroxylation is 2. The van der Waals surface area contributed by atoms with Crippen LogP contribution in [0.25, 0.3) is 0 Å². The van der Waals surface area contributed by atoms with E-state index in [4.69, 9.17) is 9.26 Å². The summed E-state index contributed by atoms with van der Waals surface area (Å²) < 4.78 is 12.5. The molecule has 0 spiro atoms. The molecular formula is C15H20BrN3O3S. The van der Waals surface area contributed by atoms with Gasteiger partial charge in [0.25, 0.3) is 0 Å². The molecule has 0 aliphatic carbocycles. The lowest BCUT2D eigenvalue weighted by molar-refractivity contribution is -0.697. The van der Waals surface area contributed by atoms with Crippen LogP contribution in [-0.2, 0) is 17.8 Å². The molecule has 8 heteroatoms. The molecule has 2 heterocycles. The molecule has 6 nitrogen and oxygen atoms in total. The predicted octanol–water partition coefficient (Wildman–Crippen LogP) is -0.957. The summed E-state index contributed by atoms with van der Waals surface area (Å²) in [6, 6.07) is 3.84. The number of hydrogen-bond acceptors (Lipinski definition) is 6. The minimum Gasteiger partial charge on any atom is -1.00 e. The van der Waals surface area contributed by atoms with Gasteiger partial charge < -0.3 is 26.2 Å². The van der Waals surface area contributed by atoms with Gasteiger partial charge in [0.15, 0.2) is 23.8 Å². The van der Waals surface area contributed by atoms with Gasteiger partial charge in [-0.1, -0.05) is 23.8 Å². The van der Waals surface area contributed by atoms with Crippen LogP contribution < -0.4 is 26.3 Å². The molecule has 0 atom stereocenters. The fraction of sp³-hybridized carbons (Fsp3) is 0.467. The SMILES string of the molecule is CCC[n+]1ccc(OCCC(=O)SCCc2ncno2)cc1.[Br-]. The molecule has 0 radical (unpaired) electrons. The molecule has 0 bridgehead atoms. The third-order valence-corrected chi connectivity index (χ3v) is 3.84. The third-order valence-electron chi connectivity index (χ3n) is 2.90. The predicted molar refractivity (Wildman–Crippen MR) is 82.5 cm³/mol. The zero-order chi connectivity index (χ0) is 15.6. The molecule has 23 heavy (non-hydrogen) atoms. The number of carbonyl (C=O) groups is 1. The second-order valence-electron chi connectivity index (χ2n) is 4.68. The minimum atomic E-state index is 0. The van der Waals surface area contributed by atoms with Crippen molar-refractivity contribution in [2.24, 2.45) is 0 Å². The van der Waals surface area contributed by atoms with Crippen LogP contribution in [0.2, 0.25) is 0 Å². The van der Waals surface area contributed by atoms with E-state index in [0.29, 0.717) is 31.1 Å². The van der Waals surface area contributed by atoms with Crippen LogP contribution in [0.1, 0.15) is 25.7 Å². The summed E-state index contributed by atoms with van der Waals surface area (Å²) in [4.78, 5) is 15.6. The first kappa shape index (κ1) is 19.6. The monoisotopic (exact) mass is 401 g/mol. The summed E-state index contributed by atoms with van der Waals surface area (Å²) in [5.74, 6) is 1.99. The van der Waals surface area contributed by atoms with Crippen LogP contribution in [0, 0.1) is 0 Å². The van der Waals surface area contributed by atoms with E-state index >= 15 is 0 Å². The third kappa shape index (κ3) is 7.60. The van der Waals surface area contributed by atoms with E-state index in [1.807, 2.05) is 24.5 Å². The fourth-order valence-corrected chi connectivity index (χ4v) is 2.56. The Bertz CT molecular complexity index is 564. The van der Waals surface area contributed by atoms with Crippen molar-refractivity contribution in [2.75, 3.05) is 12.4 Å². The van der Waals surface area contributed by atoms with Crippen molar-refractivity contribution in [3.63, 3.8) is 0 Å². The minimum absolute atomic E-state index is 0. The summed E-state index contributed by atoms with van der Waals surface area (Å²) in [6.07, 6.45) is 7.42. The van der Waals surface area contributed by atoms with E-state index in [0.717, 1.165) is 18.7 Å². The Labute approximate surface area is 150 Å². The number of ether oxygens (including phenoxy) is 1. The van der Waals surface area contributed by atoms with E-state index in [1.54, 1.807) is 0 Å². The molecule has 0 N–H and O–H groups in total. The highest BCUT2D eigenvalue weighted by Gasteiger charge is 2.06. The van der Waals surface area contributed by atoms with E-state index in [2.05, 4.69) is 21.6 Å². The van der Waals surface area contributed by atoms with Crippen LogP contribution in [0.4, 0.5) is 0 Å². The first-order chi connectivity index (χ1) is 10.8. The van der Waals surface area contributed by atoms with Crippen LogP contribution >= 0.6 is 11.8 Å². The van der Waals surface area contributed by atoms with Crippen molar-refractivity contribution in [2.45, 2.75) is 32.7 Å². The van der Waals surface area contributed by atoms with Gasteiger partial charge in [-0.3, -0.25) is 4.79 Å². The van der Waals surface area contributed by atoms with Crippen molar-refractivity contribution in [3.8, 4) is 5.75 Å². The van der Waals surface area contributed by atoms with Gasteiger partial charge in [0.2, 0.25) is 5.89 Å². The van der Waals surface area contributed by atoms with Crippen LogP contribution in [-0.4, -0.2) is 27.6 Å². The molecule has 0 aliphatic heterocycles. The molecular weight excluding hydrogens is 382 g/mol. The van der Waals surface area contributed by atoms with Gasteiger partial charge in [-0.25, -0.2) is 4.57 Å². The molecule has 2 aromatic heterocycles. The second kappa shape index (κ2) is 11.2. The summed E-state index contributed by atoms with van der Waals surface area (Å²) >= 11 is 1.27. The number of pyridine rings is 1. The number of rotatable bonds is 9. The zero-order valence-corrected chi connectivity index (χ0v) is 15.4. The average molecular weight is 402 g/mol. The van der Waals surface area contributed by atoms with Crippen LogP contribution in [0.3, 0.4) is 0 Å². The van der Waals surface area contributed by atoms with Gasteiger partial charge in [0, 0.05) is 30.7 Å². The molecule has 126 valence electrons. The highest BCUT2D eigenvalue weighted by Crippen LogP contribution is 2.11. The number of carbonyl (C=O) groups excluding carboxylic acids is 1. The van der Waals surface area contributed by atoms with Gasteiger partial charge in [-0.05, 0) is 0 Å². The molecule has 0 aromatic carbocycles. The highest BCUT2D eigenvalue weighted by atomic mass is 79.9. The molecule has 0 fully saturated rings. The van der Waals surface area contributed by atoms with Crippen molar-refractivity contribution in [1.29, 1.82) is 0 Å². The smallest absolute Gasteiger partial charge is 0.227 e. The van der Waals surface area contributed by atoms with E-state index in [-0.39, 0.29) is 22.1 Å². The molecule has 0 aliphatic rings. The lowest BCUT2D eigenvalue weighted by atomic mass is 10.4.